The first-order valence-corrected chi connectivity index (χ1v) is 12.6. The number of aromatic nitrogens is 3. The maximum absolute atomic E-state index is 12.8. The van der Waals surface area contributed by atoms with Gasteiger partial charge in [0.15, 0.2) is 11.0 Å². The van der Waals surface area contributed by atoms with E-state index >= 15 is 0 Å². The van der Waals surface area contributed by atoms with Crippen LogP contribution in [0, 0.1) is 12.8 Å². The van der Waals surface area contributed by atoms with Gasteiger partial charge in [-0.15, -0.1) is 10.2 Å². The molecule has 10 heteroatoms. The molecule has 2 aromatic carbocycles. The molecule has 1 heterocycles. The lowest BCUT2D eigenvalue weighted by Gasteiger charge is -2.21. The molecular weight excluding hydrogens is 478 g/mol. The number of aryl methyl sites for hydroxylation is 1. The Morgan fingerprint density at radius 2 is 1.78 bits per heavy atom. The monoisotopic (exact) mass is 509 g/mol. The van der Waals surface area contributed by atoms with Crippen LogP contribution in [0.5, 0.6) is 0 Å². The number of ether oxygens (including phenoxy) is 1. The van der Waals surface area contributed by atoms with Crippen molar-refractivity contribution >= 4 is 35.2 Å². The molecule has 0 aliphatic carbocycles. The third kappa shape index (κ3) is 6.94. The fourth-order valence-corrected chi connectivity index (χ4v) is 4.21. The second kappa shape index (κ2) is 12.3. The Morgan fingerprint density at radius 3 is 2.42 bits per heavy atom. The molecule has 0 radical (unpaired) electrons. The lowest BCUT2D eigenvalue weighted by molar-refractivity contribution is -0.113. The van der Waals surface area contributed by atoms with Crippen LogP contribution >= 0.6 is 11.8 Å². The van der Waals surface area contributed by atoms with E-state index < -0.39 is 5.97 Å². The molecule has 0 fully saturated rings. The zero-order valence-corrected chi connectivity index (χ0v) is 21.9. The largest absolute Gasteiger partial charge is 0.462 e. The molecule has 9 nitrogen and oxygen atoms in total. The van der Waals surface area contributed by atoms with E-state index in [1.807, 2.05) is 46.0 Å². The van der Waals surface area contributed by atoms with E-state index in [9.17, 15) is 14.4 Å². The Morgan fingerprint density at radius 1 is 1.06 bits per heavy atom. The number of nitrogens with one attached hydrogen (secondary N) is 2. The normalized spacial score (nSPS) is 11.7. The molecule has 36 heavy (non-hydrogen) atoms. The van der Waals surface area contributed by atoms with Crippen LogP contribution in [0.1, 0.15) is 58.9 Å². The number of thioether (sulfide) groups is 1. The van der Waals surface area contributed by atoms with Gasteiger partial charge in [0, 0.05) is 18.3 Å². The standard InChI is InChI=1S/C26H31N5O4S/c1-6-35-25(34)18-10-12-20(13-11-18)27-21(32)15-36-26-30-29-23(31(26)5)22(16(2)3)28-24(33)19-9-7-8-17(4)14-19/h7-14,16,22H,6,15H2,1-5H3,(H,27,32)(H,28,33)/t22-/m0/s1. The Kier molecular flexibility index (Phi) is 9.24. The van der Waals surface area contributed by atoms with Crippen molar-refractivity contribution in [2.75, 3.05) is 17.7 Å². The second-order valence-corrected chi connectivity index (χ2v) is 9.54. The molecule has 0 bridgehead atoms. The maximum atomic E-state index is 12.8. The summed E-state index contributed by atoms with van der Waals surface area (Å²) < 4.78 is 6.76. The van der Waals surface area contributed by atoms with Gasteiger partial charge in [0.2, 0.25) is 5.91 Å². The minimum atomic E-state index is -0.404. The smallest absolute Gasteiger partial charge is 0.338 e. The molecule has 1 aromatic heterocycles. The third-order valence-electron chi connectivity index (χ3n) is 5.39. The Balaban J connectivity index is 1.61. The number of benzene rings is 2. The summed E-state index contributed by atoms with van der Waals surface area (Å²) in [4.78, 5) is 37.0. The highest BCUT2D eigenvalue weighted by molar-refractivity contribution is 7.99. The van der Waals surface area contributed by atoms with Gasteiger partial charge in [-0.2, -0.15) is 0 Å². The summed E-state index contributed by atoms with van der Waals surface area (Å²) in [6.45, 7) is 7.99. The fourth-order valence-electron chi connectivity index (χ4n) is 3.49. The summed E-state index contributed by atoms with van der Waals surface area (Å²) in [6.07, 6.45) is 0. The van der Waals surface area contributed by atoms with Gasteiger partial charge < -0.3 is 19.9 Å². The molecule has 0 unspecified atom stereocenters. The van der Waals surface area contributed by atoms with E-state index in [4.69, 9.17) is 4.74 Å². The number of carbonyl (C=O) groups is 3. The van der Waals surface area contributed by atoms with Crippen LogP contribution in [0.15, 0.2) is 53.7 Å². The zero-order chi connectivity index (χ0) is 26.2. The quantitative estimate of drug-likeness (QED) is 0.311. The Hall–Kier alpha value is -3.66. The molecule has 0 saturated carbocycles. The van der Waals surface area contributed by atoms with Gasteiger partial charge in [0.25, 0.3) is 5.91 Å². The Bertz CT molecular complexity index is 1220. The van der Waals surface area contributed by atoms with Crippen molar-refractivity contribution in [2.45, 2.75) is 38.9 Å². The molecule has 0 aliphatic rings. The van der Waals surface area contributed by atoms with E-state index in [1.54, 1.807) is 41.8 Å². The molecule has 2 amide bonds. The number of anilines is 1. The van der Waals surface area contributed by atoms with Crippen LogP contribution in [0.3, 0.4) is 0 Å². The minimum absolute atomic E-state index is 0.0698. The molecule has 0 aliphatic heterocycles. The van der Waals surface area contributed by atoms with Gasteiger partial charge in [-0.25, -0.2) is 4.79 Å². The van der Waals surface area contributed by atoms with Crippen LogP contribution in [-0.2, 0) is 16.6 Å². The van der Waals surface area contributed by atoms with Gasteiger partial charge in [-0.05, 0) is 56.2 Å². The average molecular weight is 510 g/mol. The van der Waals surface area contributed by atoms with E-state index in [2.05, 4.69) is 20.8 Å². The SMILES string of the molecule is CCOC(=O)c1ccc(NC(=O)CSc2nnc([C@@H](NC(=O)c3cccc(C)c3)C(C)C)n2C)cc1. The van der Waals surface area contributed by atoms with E-state index in [0.29, 0.717) is 34.4 Å². The van der Waals surface area contributed by atoms with E-state index in [-0.39, 0.29) is 29.5 Å². The number of amides is 2. The van der Waals surface area contributed by atoms with Gasteiger partial charge in [-0.1, -0.05) is 43.3 Å². The van der Waals surface area contributed by atoms with Crippen LogP contribution in [0.25, 0.3) is 0 Å². The van der Waals surface area contributed by atoms with Crippen LogP contribution in [0.4, 0.5) is 5.69 Å². The highest BCUT2D eigenvalue weighted by atomic mass is 32.2. The maximum Gasteiger partial charge on any atom is 0.338 e. The fraction of sp³-hybridized carbons (Fsp3) is 0.346. The lowest BCUT2D eigenvalue weighted by atomic mass is 10.0. The van der Waals surface area contributed by atoms with Crippen molar-refractivity contribution in [1.29, 1.82) is 0 Å². The average Bonchev–Trinajstić information content (AvgIpc) is 3.21. The minimum Gasteiger partial charge on any atom is -0.462 e. The molecule has 190 valence electrons. The van der Waals surface area contributed by atoms with Crippen LogP contribution in [0.2, 0.25) is 0 Å². The first-order valence-electron chi connectivity index (χ1n) is 11.7. The number of esters is 1. The molecule has 2 N–H and O–H groups in total. The zero-order valence-electron chi connectivity index (χ0n) is 21.1. The van der Waals surface area contributed by atoms with Crippen molar-refractivity contribution in [3.05, 3.63) is 71.0 Å². The highest BCUT2D eigenvalue weighted by Gasteiger charge is 2.25. The number of carbonyl (C=O) groups excluding carboxylic acids is 3. The Labute approximate surface area is 215 Å². The predicted octanol–water partition coefficient (Wildman–Crippen LogP) is 4.16. The van der Waals surface area contributed by atoms with Crippen molar-refractivity contribution in [3.8, 4) is 0 Å². The molecule has 0 saturated heterocycles. The number of rotatable bonds is 10. The number of nitrogens with zero attached hydrogens (tertiary/aromatic N) is 3. The van der Waals surface area contributed by atoms with E-state index in [1.165, 1.54) is 11.8 Å². The van der Waals surface area contributed by atoms with Crippen molar-refractivity contribution < 1.29 is 19.1 Å². The first kappa shape index (κ1) is 26.9. The van der Waals surface area contributed by atoms with Gasteiger partial charge >= 0.3 is 5.97 Å². The summed E-state index contributed by atoms with van der Waals surface area (Å²) in [7, 11) is 1.82. The third-order valence-corrected chi connectivity index (χ3v) is 6.41. The van der Waals surface area contributed by atoms with Crippen LogP contribution in [-0.4, -0.2) is 44.9 Å². The predicted molar refractivity (Wildman–Crippen MR) is 139 cm³/mol. The summed E-state index contributed by atoms with van der Waals surface area (Å²) in [5.41, 5.74) is 2.59. The van der Waals surface area contributed by atoms with Crippen molar-refractivity contribution in [2.24, 2.45) is 13.0 Å². The molecule has 0 spiro atoms. The topological polar surface area (TPSA) is 115 Å². The van der Waals surface area contributed by atoms with Crippen molar-refractivity contribution in [3.63, 3.8) is 0 Å². The molecule has 3 rings (SSSR count). The molecule has 1 atom stereocenters. The van der Waals surface area contributed by atoms with Gasteiger partial charge in [-0.3, -0.25) is 9.59 Å². The summed E-state index contributed by atoms with van der Waals surface area (Å²) in [5.74, 6) is 0.000311. The molecule has 3 aromatic rings. The van der Waals surface area contributed by atoms with Crippen molar-refractivity contribution in [1.82, 2.24) is 20.1 Å². The summed E-state index contributed by atoms with van der Waals surface area (Å²) in [6, 6.07) is 13.6. The summed E-state index contributed by atoms with van der Waals surface area (Å²) in [5, 5.41) is 15.0. The van der Waals surface area contributed by atoms with Crippen LogP contribution < -0.4 is 10.6 Å². The highest BCUT2D eigenvalue weighted by Crippen LogP contribution is 2.25. The van der Waals surface area contributed by atoms with Gasteiger partial charge in [0.05, 0.1) is 24.0 Å². The summed E-state index contributed by atoms with van der Waals surface area (Å²) >= 11 is 1.25. The number of hydrogen-bond donors (Lipinski definition) is 2. The van der Waals surface area contributed by atoms with E-state index in [0.717, 1.165) is 5.56 Å². The lowest BCUT2D eigenvalue weighted by Crippen LogP contribution is -2.33. The molecular formula is C26H31N5O4S. The van der Waals surface area contributed by atoms with Gasteiger partial charge in [0.1, 0.15) is 0 Å². The number of hydrogen-bond acceptors (Lipinski definition) is 7. The first-order chi connectivity index (χ1) is 17.2. The second-order valence-electron chi connectivity index (χ2n) is 8.60.